The van der Waals surface area contributed by atoms with E-state index >= 15 is 0 Å². The highest BCUT2D eigenvalue weighted by Crippen LogP contribution is 2.44. The van der Waals surface area contributed by atoms with Crippen molar-refractivity contribution in [3.63, 3.8) is 0 Å². The lowest BCUT2D eigenvalue weighted by molar-refractivity contribution is -0.137. The minimum absolute atomic E-state index is 0.0799. The summed E-state index contributed by atoms with van der Waals surface area (Å²) in [5, 5.41) is 11.0. The van der Waals surface area contributed by atoms with Crippen molar-refractivity contribution in [3.05, 3.63) is 57.9 Å². The number of rotatable bonds is 6. The van der Waals surface area contributed by atoms with Crippen LogP contribution in [0.15, 0.2) is 24.3 Å². The number of carbonyl (C=O) groups excluding carboxylic acids is 1. The Morgan fingerprint density at radius 1 is 1.29 bits per heavy atom. The van der Waals surface area contributed by atoms with E-state index in [1.807, 2.05) is 26.0 Å². The van der Waals surface area contributed by atoms with Crippen molar-refractivity contribution in [1.29, 1.82) is 5.26 Å². The second-order valence-electron chi connectivity index (χ2n) is 8.38. The topological polar surface area (TPSA) is 86.4 Å². The summed E-state index contributed by atoms with van der Waals surface area (Å²) in [7, 11) is 3.29. The number of carbonyl (C=O) groups is 1. The third kappa shape index (κ3) is 3.90. The summed E-state index contributed by atoms with van der Waals surface area (Å²) >= 11 is 0. The summed E-state index contributed by atoms with van der Waals surface area (Å²) in [4.78, 5) is 17.0. The summed E-state index contributed by atoms with van der Waals surface area (Å²) < 4.78 is 18.5. The molecule has 0 amide bonds. The highest BCUT2D eigenvalue weighted by atomic mass is 16.5. The van der Waals surface area contributed by atoms with Gasteiger partial charge in [-0.3, -0.25) is 0 Å². The van der Waals surface area contributed by atoms with E-state index in [1.54, 1.807) is 27.2 Å². The molecular weight excluding hydrogens is 430 g/mol. The highest BCUT2D eigenvalue weighted by Gasteiger charge is 2.31. The number of hydrogen-bond donors (Lipinski definition) is 0. The monoisotopic (exact) mass is 459 g/mol. The molecule has 4 rings (SSSR count). The molecule has 0 saturated carbocycles. The van der Waals surface area contributed by atoms with E-state index in [0.717, 1.165) is 58.4 Å². The zero-order chi connectivity index (χ0) is 24.4. The van der Waals surface area contributed by atoms with Gasteiger partial charge in [0.15, 0.2) is 11.5 Å². The van der Waals surface area contributed by atoms with Crippen LogP contribution in [0.2, 0.25) is 0 Å². The molecule has 1 unspecified atom stereocenters. The van der Waals surface area contributed by atoms with Crippen molar-refractivity contribution in [2.75, 3.05) is 20.8 Å². The van der Waals surface area contributed by atoms with Gasteiger partial charge in [0.1, 0.15) is 11.7 Å². The zero-order valence-electron chi connectivity index (χ0n) is 20.3. The second kappa shape index (κ2) is 9.60. The molecule has 7 heteroatoms. The fourth-order valence-corrected chi connectivity index (χ4v) is 5.06. The van der Waals surface area contributed by atoms with Crippen LogP contribution in [0.25, 0.3) is 17.1 Å². The molecule has 1 aromatic carbocycles. The number of ether oxygens (including phenoxy) is 3. The standard InChI is InChI=1S/C27H29N3O4/c1-6-34-24(31)13-11-22-20(15-28)25-16(2)14-17(3)29-27(25)30(22)21-9-7-8-19-18(21)10-12-23(32-4)26(19)33-5/h10-14,21H,6-9H2,1-5H3. The average Bonchev–Trinajstić information content (AvgIpc) is 3.14. The van der Waals surface area contributed by atoms with Crippen LogP contribution in [0.5, 0.6) is 11.5 Å². The van der Waals surface area contributed by atoms with Crippen LogP contribution < -0.4 is 9.47 Å². The van der Waals surface area contributed by atoms with Gasteiger partial charge in [-0.15, -0.1) is 0 Å². The largest absolute Gasteiger partial charge is 0.493 e. The van der Waals surface area contributed by atoms with Gasteiger partial charge in [0.05, 0.1) is 38.1 Å². The molecule has 3 aromatic rings. The molecule has 1 aliphatic carbocycles. The molecule has 34 heavy (non-hydrogen) atoms. The molecule has 0 saturated heterocycles. The highest BCUT2D eigenvalue weighted by molar-refractivity contribution is 5.94. The maximum Gasteiger partial charge on any atom is 0.330 e. The Kier molecular flexibility index (Phi) is 6.60. The lowest BCUT2D eigenvalue weighted by Crippen LogP contribution is -2.20. The Labute approximate surface area is 199 Å². The number of nitriles is 1. The fourth-order valence-electron chi connectivity index (χ4n) is 5.06. The quantitative estimate of drug-likeness (QED) is 0.379. The maximum atomic E-state index is 12.1. The van der Waals surface area contributed by atoms with Crippen LogP contribution in [0.4, 0.5) is 0 Å². The van der Waals surface area contributed by atoms with Gasteiger partial charge in [-0.25, -0.2) is 9.78 Å². The number of aryl methyl sites for hydroxylation is 2. The Morgan fingerprint density at radius 2 is 2.09 bits per heavy atom. The van der Waals surface area contributed by atoms with E-state index in [0.29, 0.717) is 17.0 Å². The van der Waals surface area contributed by atoms with E-state index in [2.05, 4.69) is 16.7 Å². The molecule has 1 atom stereocenters. The SMILES string of the molecule is CCOC(=O)C=Cc1c(C#N)c2c(C)cc(C)nc2n1C1CCCc2c1ccc(OC)c2OC. The molecule has 7 nitrogen and oxygen atoms in total. The first kappa shape index (κ1) is 23.4. The minimum atomic E-state index is -0.445. The van der Waals surface area contributed by atoms with E-state index < -0.39 is 5.97 Å². The normalized spacial score (nSPS) is 15.2. The van der Waals surface area contributed by atoms with Crippen LogP contribution in [0, 0.1) is 25.2 Å². The van der Waals surface area contributed by atoms with Gasteiger partial charge in [0.25, 0.3) is 0 Å². The number of hydrogen-bond acceptors (Lipinski definition) is 6. The van der Waals surface area contributed by atoms with Gasteiger partial charge in [0.2, 0.25) is 0 Å². The van der Waals surface area contributed by atoms with Gasteiger partial charge in [-0.2, -0.15) is 5.26 Å². The number of esters is 1. The fraction of sp³-hybridized carbons (Fsp3) is 0.370. The Morgan fingerprint density at radius 3 is 2.76 bits per heavy atom. The summed E-state index contributed by atoms with van der Waals surface area (Å²) in [6, 6.07) is 8.26. The molecule has 0 spiro atoms. The molecule has 2 aromatic heterocycles. The summed E-state index contributed by atoms with van der Waals surface area (Å²) in [6.45, 7) is 5.99. The predicted molar refractivity (Wildman–Crippen MR) is 130 cm³/mol. The molecule has 2 heterocycles. The number of fused-ring (bicyclic) bond motifs is 2. The molecule has 1 aliphatic rings. The Hall–Kier alpha value is -3.79. The van der Waals surface area contributed by atoms with Crippen LogP contribution >= 0.6 is 0 Å². The zero-order valence-corrected chi connectivity index (χ0v) is 20.3. The van der Waals surface area contributed by atoms with Crippen molar-refractivity contribution < 1.29 is 19.0 Å². The van der Waals surface area contributed by atoms with Gasteiger partial charge in [-0.1, -0.05) is 6.07 Å². The van der Waals surface area contributed by atoms with E-state index in [4.69, 9.17) is 19.2 Å². The third-order valence-electron chi connectivity index (χ3n) is 6.35. The molecule has 176 valence electrons. The number of pyridine rings is 1. The van der Waals surface area contributed by atoms with Crippen molar-refractivity contribution in [2.45, 2.75) is 46.1 Å². The van der Waals surface area contributed by atoms with Gasteiger partial charge >= 0.3 is 5.97 Å². The number of benzene rings is 1. The Bertz CT molecular complexity index is 1330. The number of methoxy groups -OCH3 is 2. The predicted octanol–water partition coefficient (Wildman–Crippen LogP) is 5.04. The molecule has 0 radical (unpaired) electrons. The summed E-state index contributed by atoms with van der Waals surface area (Å²) in [5.74, 6) is 0.995. The molecule has 0 fully saturated rings. The van der Waals surface area contributed by atoms with Crippen LogP contribution in [0.1, 0.15) is 59.4 Å². The number of nitrogens with zero attached hydrogens (tertiary/aromatic N) is 3. The molecule has 0 aliphatic heterocycles. The van der Waals surface area contributed by atoms with Crippen molar-refractivity contribution in [1.82, 2.24) is 9.55 Å². The van der Waals surface area contributed by atoms with E-state index in [-0.39, 0.29) is 12.6 Å². The lowest BCUT2D eigenvalue weighted by Gasteiger charge is -2.30. The minimum Gasteiger partial charge on any atom is -0.493 e. The molecule has 0 N–H and O–H groups in total. The van der Waals surface area contributed by atoms with Gasteiger partial charge in [0, 0.05) is 22.7 Å². The summed E-state index contributed by atoms with van der Waals surface area (Å²) in [5.41, 5.74) is 5.96. The van der Waals surface area contributed by atoms with Gasteiger partial charge in [-0.05, 0) is 69.4 Å². The first-order valence-electron chi connectivity index (χ1n) is 11.5. The van der Waals surface area contributed by atoms with Gasteiger partial charge < -0.3 is 18.8 Å². The van der Waals surface area contributed by atoms with Crippen LogP contribution in [-0.2, 0) is 16.0 Å². The molecule has 0 bridgehead atoms. The maximum absolute atomic E-state index is 12.1. The van der Waals surface area contributed by atoms with E-state index in [1.165, 1.54) is 6.08 Å². The summed E-state index contributed by atoms with van der Waals surface area (Å²) in [6.07, 6.45) is 5.74. The Balaban J connectivity index is 2.03. The second-order valence-corrected chi connectivity index (χ2v) is 8.38. The van der Waals surface area contributed by atoms with Crippen molar-refractivity contribution in [2.24, 2.45) is 0 Å². The lowest BCUT2D eigenvalue weighted by atomic mass is 9.86. The van der Waals surface area contributed by atoms with Crippen LogP contribution in [-0.4, -0.2) is 36.3 Å². The van der Waals surface area contributed by atoms with Crippen LogP contribution in [0.3, 0.4) is 0 Å². The van der Waals surface area contributed by atoms with Crippen molar-refractivity contribution in [3.8, 4) is 17.6 Å². The van der Waals surface area contributed by atoms with Crippen molar-refractivity contribution >= 4 is 23.1 Å². The third-order valence-corrected chi connectivity index (χ3v) is 6.35. The smallest absolute Gasteiger partial charge is 0.330 e. The first-order chi connectivity index (χ1) is 16.4. The number of aromatic nitrogens is 2. The average molecular weight is 460 g/mol. The van der Waals surface area contributed by atoms with E-state index in [9.17, 15) is 10.1 Å². The first-order valence-corrected chi connectivity index (χ1v) is 11.5. The molecular formula is C27H29N3O4.